The third-order valence-corrected chi connectivity index (χ3v) is 4.90. The van der Waals surface area contributed by atoms with Gasteiger partial charge in [0.1, 0.15) is 18.2 Å². The van der Waals surface area contributed by atoms with Crippen LogP contribution < -0.4 is 4.57 Å². The summed E-state index contributed by atoms with van der Waals surface area (Å²) >= 11 is 0. The van der Waals surface area contributed by atoms with Crippen molar-refractivity contribution in [3.63, 3.8) is 0 Å². The number of furan rings is 1. The Labute approximate surface area is 165 Å². The van der Waals surface area contributed by atoms with Gasteiger partial charge in [0.25, 0.3) is 5.91 Å². The van der Waals surface area contributed by atoms with E-state index in [2.05, 4.69) is 4.98 Å². The lowest BCUT2D eigenvalue weighted by molar-refractivity contribution is -0.695. The number of aryl methyl sites for hydroxylation is 1. The number of amides is 1. The molecule has 7 nitrogen and oxygen atoms in total. The molecule has 29 heavy (non-hydrogen) atoms. The van der Waals surface area contributed by atoms with Gasteiger partial charge >= 0.3 is 0 Å². The predicted molar refractivity (Wildman–Crippen MR) is 99.2 cm³/mol. The number of Topliss-reactive ketones (excluding diaryl/α,β-unsaturated/α-hetero) is 1. The number of hydrogen-bond acceptors (Lipinski definition) is 4. The van der Waals surface area contributed by atoms with Crippen LogP contribution in [0.3, 0.4) is 0 Å². The van der Waals surface area contributed by atoms with Crippen LogP contribution in [0.15, 0.2) is 77.1 Å². The van der Waals surface area contributed by atoms with Gasteiger partial charge in [0.05, 0.1) is 24.4 Å². The second-order valence-electron chi connectivity index (χ2n) is 6.72. The second-order valence-corrected chi connectivity index (χ2v) is 6.72. The summed E-state index contributed by atoms with van der Waals surface area (Å²) in [6.45, 7) is 0.948. The number of nitrogens with zero attached hydrogens (tertiary/aromatic N) is 2. The van der Waals surface area contributed by atoms with E-state index in [9.17, 15) is 19.1 Å². The summed E-state index contributed by atoms with van der Waals surface area (Å²) in [5.74, 6) is -2.21. The number of H-pyrrole nitrogens is 1. The van der Waals surface area contributed by atoms with Crippen molar-refractivity contribution in [2.75, 3.05) is 6.54 Å². The van der Waals surface area contributed by atoms with Crippen LogP contribution in [0.1, 0.15) is 28.6 Å². The van der Waals surface area contributed by atoms with E-state index in [1.807, 2.05) is 10.8 Å². The van der Waals surface area contributed by atoms with E-state index in [1.165, 1.54) is 41.5 Å². The van der Waals surface area contributed by atoms with Gasteiger partial charge in [0, 0.05) is 13.0 Å². The van der Waals surface area contributed by atoms with Gasteiger partial charge in [-0.05, 0) is 29.8 Å². The van der Waals surface area contributed by atoms with Crippen molar-refractivity contribution >= 4 is 11.7 Å². The molecule has 4 rings (SSSR count). The number of rotatable bonds is 7. The van der Waals surface area contributed by atoms with Gasteiger partial charge in [-0.25, -0.2) is 8.96 Å². The van der Waals surface area contributed by atoms with Crippen molar-refractivity contribution in [1.82, 2.24) is 9.88 Å². The van der Waals surface area contributed by atoms with E-state index in [0.717, 1.165) is 0 Å². The molecular weight excluding hydrogens is 377 g/mol. The van der Waals surface area contributed by atoms with E-state index in [-0.39, 0.29) is 11.3 Å². The molecule has 0 spiro atoms. The number of aromatic nitrogens is 2. The molecule has 0 saturated carbocycles. The Kier molecular flexibility index (Phi) is 4.99. The van der Waals surface area contributed by atoms with Crippen LogP contribution in [-0.2, 0) is 11.3 Å². The molecule has 0 bridgehead atoms. The minimum Gasteiger partial charge on any atom is -0.503 e. The highest BCUT2D eigenvalue weighted by molar-refractivity contribution is 6.14. The number of halogens is 1. The number of carbonyl (C=O) groups excluding carboxylic acids is 2. The zero-order valence-electron chi connectivity index (χ0n) is 15.4. The number of ketones is 1. The third-order valence-electron chi connectivity index (χ3n) is 4.90. The van der Waals surface area contributed by atoms with Crippen LogP contribution in [0.5, 0.6) is 0 Å². The van der Waals surface area contributed by atoms with Crippen molar-refractivity contribution in [1.29, 1.82) is 0 Å². The third kappa shape index (κ3) is 3.56. The van der Waals surface area contributed by atoms with E-state index in [1.54, 1.807) is 18.6 Å². The first-order valence-electron chi connectivity index (χ1n) is 9.16. The fourth-order valence-electron chi connectivity index (χ4n) is 3.53. The minimum atomic E-state index is -0.822. The topological polar surface area (TPSA) is 90.4 Å². The summed E-state index contributed by atoms with van der Waals surface area (Å²) in [5, 5.41) is 10.5. The monoisotopic (exact) mass is 396 g/mol. The molecule has 1 atom stereocenters. The largest absolute Gasteiger partial charge is 0.503 e. The molecule has 0 radical (unpaired) electrons. The smallest absolute Gasteiger partial charge is 0.290 e. The molecule has 1 aromatic carbocycles. The lowest BCUT2D eigenvalue weighted by Crippen LogP contribution is -2.36. The Morgan fingerprint density at radius 2 is 2.07 bits per heavy atom. The first-order chi connectivity index (χ1) is 14.1. The van der Waals surface area contributed by atoms with Crippen LogP contribution in [-0.4, -0.2) is 33.2 Å². The van der Waals surface area contributed by atoms with Crippen LogP contribution in [0.25, 0.3) is 0 Å². The minimum absolute atomic E-state index is 0.0242. The van der Waals surface area contributed by atoms with Crippen molar-refractivity contribution in [2.45, 2.75) is 19.0 Å². The lowest BCUT2D eigenvalue weighted by atomic mass is 9.95. The Balaban J connectivity index is 1.66. The number of imidazole rings is 1. The molecule has 3 aromatic rings. The number of nitrogens with one attached hydrogen (secondary N) is 1. The molecule has 1 unspecified atom stereocenters. The number of aliphatic hydroxyl groups is 1. The molecule has 0 aliphatic carbocycles. The number of aliphatic hydroxyl groups excluding tert-OH is 1. The van der Waals surface area contributed by atoms with Gasteiger partial charge < -0.3 is 14.4 Å². The Hall–Kier alpha value is -3.68. The molecule has 0 saturated heterocycles. The molecule has 1 amide bonds. The first-order valence-corrected chi connectivity index (χ1v) is 9.16. The predicted octanol–water partition coefficient (Wildman–Crippen LogP) is 2.70. The highest BCUT2D eigenvalue weighted by atomic mass is 19.1. The Bertz CT molecular complexity index is 1040. The van der Waals surface area contributed by atoms with E-state index in [4.69, 9.17) is 4.42 Å². The van der Waals surface area contributed by atoms with Crippen LogP contribution >= 0.6 is 0 Å². The van der Waals surface area contributed by atoms with Gasteiger partial charge in [0.2, 0.25) is 12.1 Å². The Morgan fingerprint density at radius 1 is 1.28 bits per heavy atom. The SMILES string of the molecule is O=C(C1=C(O)C(=O)N(CCC[n+]2cc[nH]c2)C1c1ccc(F)cc1)c1ccco1. The Morgan fingerprint density at radius 3 is 2.72 bits per heavy atom. The molecule has 1 aliphatic rings. The second kappa shape index (κ2) is 7.75. The molecule has 148 valence electrons. The molecule has 8 heteroatoms. The molecular formula is C21H19FN3O4+. The summed E-state index contributed by atoms with van der Waals surface area (Å²) in [7, 11) is 0. The van der Waals surface area contributed by atoms with Crippen LogP contribution in [0.4, 0.5) is 4.39 Å². The van der Waals surface area contributed by atoms with Crippen molar-refractivity contribution < 1.29 is 28.1 Å². The first kappa shape index (κ1) is 18.7. The molecule has 0 fully saturated rings. The van der Waals surface area contributed by atoms with Crippen molar-refractivity contribution in [3.05, 3.63) is 89.9 Å². The average molecular weight is 396 g/mol. The highest BCUT2D eigenvalue weighted by Gasteiger charge is 2.44. The number of aromatic amines is 1. The van der Waals surface area contributed by atoms with E-state index in [0.29, 0.717) is 25.1 Å². The van der Waals surface area contributed by atoms with Gasteiger partial charge in [-0.3, -0.25) is 14.6 Å². The number of carbonyl (C=O) groups is 2. The number of hydrogen-bond donors (Lipinski definition) is 2. The fraction of sp³-hybridized carbons (Fsp3) is 0.190. The summed E-state index contributed by atoms with van der Waals surface area (Å²) in [6.07, 6.45) is 7.40. The van der Waals surface area contributed by atoms with Crippen LogP contribution in [0, 0.1) is 5.82 Å². The van der Waals surface area contributed by atoms with Gasteiger partial charge in [-0.15, -0.1) is 0 Å². The standard InChI is InChI=1S/C21H18FN3O4/c22-15-6-4-14(5-7-15)18-17(19(26)16-3-1-12-29-16)20(27)21(28)25(18)10-2-9-24-11-8-23-13-24/h1,3-8,11-13,18H,2,9-10H2,(H,26,27)/p+1. The molecule has 2 N–H and O–H groups in total. The van der Waals surface area contributed by atoms with Crippen molar-refractivity contribution in [3.8, 4) is 0 Å². The zero-order valence-corrected chi connectivity index (χ0v) is 15.4. The van der Waals surface area contributed by atoms with Crippen molar-refractivity contribution in [2.24, 2.45) is 0 Å². The van der Waals surface area contributed by atoms with Crippen LogP contribution in [0.2, 0.25) is 0 Å². The van der Waals surface area contributed by atoms with E-state index < -0.39 is 29.3 Å². The number of benzene rings is 1. The summed E-state index contributed by atoms with van der Waals surface area (Å²) in [6, 6.07) is 7.75. The average Bonchev–Trinajstić information content (AvgIpc) is 3.47. The summed E-state index contributed by atoms with van der Waals surface area (Å²) in [5.41, 5.74) is 0.471. The maximum Gasteiger partial charge on any atom is 0.290 e. The van der Waals surface area contributed by atoms with Gasteiger partial charge in [-0.1, -0.05) is 12.1 Å². The van der Waals surface area contributed by atoms with Gasteiger partial charge in [-0.2, -0.15) is 0 Å². The maximum atomic E-state index is 13.4. The quantitative estimate of drug-likeness (QED) is 0.475. The molecule has 2 aromatic heterocycles. The zero-order chi connectivity index (χ0) is 20.4. The maximum absolute atomic E-state index is 13.4. The summed E-state index contributed by atoms with van der Waals surface area (Å²) < 4.78 is 20.5. The van der Waals surface area contributed by atoms with E-state index >= 15 is 0 Å². The van der Waals surface area contributed by atoms with Gasteiger partial charge in [0.15, 0.2) is 11.5 Å². The highest BCUT2D eigenvalue weighted by Crippen LogP contribution is 2.39. The lowest BCUT2D eigenvalue weighted by Gasteiger charge is -2.26. The normalized spacial score (nSPS) is 16.7. The summed E-state index contributed by atoms with van der Waals surface area (Å²) in [4.78, 5) is 30.1. The molecule has 3 heterocycles. The molecule has 1 aliphatic heterocycles. The fourth-order valence-corrected chi connectivity index (χ4v) is 3.53.